The Hall–Kier alpha value is -1.82. The maximum absolute atomic E-state index is 11.4. The normalized spacial score (nSPS) is 10.6. The standard InChI is InChI=1S/C10H6BrNO4/c11-12-8(14)4-7(13)5-2-1-3-6(9(5)12)10(15)16/h1-4,13H,(H,15,16). The monoisotopic (exact) mass is 283 g/mol. The summed E-state index contributed by atoms with van der Waals surface area (Å²) in [6, 6.07) is 5.42. The summed E-state index contributed by atoms with van der Waals surface area (Å²) in [5.74, 6) is -1.40. The first-order valence-electron chi connectivity index (χ1n) is 4.29. The zero-order valence-corrected chi connectivity index (χ0v) is 9.43. The van der Waals surface area contributed by atoms with Crippen LogP contribution in [0.1, 0.15) is 10.4 Å². The van der Waals surface area contributed by atoms with E-state index in [1.165, 1.54) is 18.2 Å². The van der Waals surface area contributed by atoms with Crippen LogP contribution in [0.3, 0.4) is 0 Å². The van der Waals surface area contributed by atoms with E-state index in [2.05, 4.69) is 16.1 Å². The molecule has 0 saturated carbocycles. The van der Waals surface area contributed by atoms with Crippen molar-refractivity contribution in [1.82, 2.24) is 3.59 Å². The summed E-state index contributed by atoms with van der Waals surface area (Å²) in [6.07, 6.45) is 0. The van der Waals surface area contributed by atoms with Crippen molar-refractivity contribution >= 4 is 33.0 Å². The molecule has 16 heavy (non-hydrogen) atoms. The highest BCUT2D eigenvalue weighted by atomic mass is 79.9. The maximum atomic E-state index is 11.4. The molecule has 0 aliphatic rings. The van der Waals surface area contributed by atoms with E-state index in [4.69, 9.17) is 5.11 Å². The van der Waals surface area contributed by atoms with Crippen molar-refractivity contribution in [3.63, 3.8) is 0 Å². The van der Waals surface area contributed by atoms with Gasteiger partial charge < -0.3 is 10.2 Å². The Morgan fingerprint density at radius 3 is 2.69 bits per heavy atom. The van der Waals surface area contributed by atoms with Crippen LogP contribution in [0, 0.1) is 0 Å². The zero-order chi connectivity index (χ0) is 11.9. The van der Waals surface area contributed by atoms with E-state index < -0.39 is 11.5 Å². The Labute approximate surface area is 97.9 Å². The largest absolute Gasteiger partial charge is 0.507 e. The lowest BCUT2D eigenvalue weighted by Gasteiger charge is -2.07. The summed E-state index contributed by atoms with van der Waals surface area (Å²) in [6.45, 7) is 0. The minimum Gasteiger partial charge on any atom is -0.507 e. The number of halogens is 1. The minimum absolute atomic E-state index is 0.0534. The van der Waals surface area contributed by atoms with Gasteiger partial charge in [-0.15, -0.1) is 0 Å². The highest BCUT2D eigenvalue weighted by molar-refractivity contribution is 9.08. The number of hydrogen-bond acceptors (Lipinski definition) is 3. The van der Waals surface area contributed by atoms with Crippen molar-refractivity contribution in [2.24, 2.45) is 0 Å². The number of carboxylic acid groups (broad SMARTS) is 1. The second-order valence-corrected chi connectivity index (χ2v) is 3.86. The molecule has 1 heterocycles. The molecule has 0 saturated heterocycles. The quantitative estimate of drug-likeness (QED) is 0.833. The second kappa shape index (κ2) is 3.64. The number of benzene rings is 1. The van der Waals surface area contributed by atoms with E-state index in [-0.39, 0.29) is 16.8 Å². The van der Waals surface area contributed by atoms with Gasteiger partial charge in [0.05, 0.1) is 27.2 Å². The number of aromatic nitrogens is 1. The van der Waals surface area contributed by atoms with Crippen LogP contribution < -0.4 is 5.56 Å². The summed E-state index contributed by atoms with van der Waals surface area (Å²) in [7, 11) is 0. The molecule has 6 heteroatoms. The number of para-hydroxylation sites is 1. The van der Waals surface area contributed by atoms with Gasteiger partial charge in [-0.25, -0.2) is 8.39 Å². The van der Waals surface area contributed by atoms with Crippen LogP contribution in [0.4, 0.5) is 0 Å². The van der Waals surface area contributed by atoms with Gasteiger partial charge in [-0.3, -0.25) is 4.79 Å². The molecule has 2 N–H and O–H groups in total. The third kappa shape index (κ3) is 1.47. The first-order valence-corrected chi connectivity index (χ1v) is 5.00. The smallest absolute Gasteiger partial charge is 0.337 e. The van der Waals surface area contributed by atoms with Gasteiger partial charge in [0.1, 0.15) is 5.75 Å². The zero-order valence-electron chi connectivity index (χ0n) is 7.85. The predicted octanol–water partition coefficient (Wildman–Crippen LogP) is 1.56. The summed E-state index contributed by atoms with van der Waals surface area (Å²) in [5, 5.41) is 18.8. The van der Waals surface area contributed by atoms with Crippen LogP contribution >= 0.6 is 16.1 Å². The summed E-state index contributed by atoms with van der Waals surface area (Å²) in [5.41, 5.74) is -0.443. The van der Waals surface area contributed by atoms with Gasteiger partial charge in [0, 0.05) is 11.5 Å². The lowest BCUT2D eigenvalue weighted by molar-refractivity contribution is 0.0699. The number of carbonyl (C=O) groups is 1. The lowest BCUT2D eigenvalue weighted by atomic mass is 10.1. The molecule has 5 nitrogen and oxygen atoms in total. The molecule has 1 aromatic carbocycles. The van der Waals surface area contributed by atoms with Crippen LogP contribution in [0.5, 0.6) is 5.75 Å². The topological polar surface area (TPSA) is 79.5 Å². The van der Waals surface area contributed by atoms with E-state index in [9.17, 15) is 14.7 Å². The van der Waals surface area contributed by atoms with Crippen molar-refractivity contribution < 1.29 is 15.0 Å². The van der Waals surface area contributed by atoms with Gasteiger partial charge in [-0.2, -0.15) is 0 Å². The molecule has 2 rings (SSSR count). The molecule has 0 bridgehead atoms. The van der Waals surface area contributed by atoms with Gasteiger partial charge in [0.25, 0.3) is 5.56 Å². The lowest BCUT2D eigenvalue weighted by Crippen LogP contribution is -2.13. The molecule has 0 aliphatic carbocycles. The second-order valence-electron chi connectivity index (χ2n) is 3.16. The Kier molecular flexibility index (Phi) is 2.43. The first-order chi connectivity index (χ1) is 7.52. The van der Waals surface area contributed by atoms with E-state index in [1.54, 1.807) is 0 Å². The fraction of sp³-hybridized carbons (Fsp3) is 0. The molecule has 0 unspecified atom stereocenters. The molecule has 1 aromatic heterocycles. The molecule has 0 atom stereocenters. The summed E-state index contributed by atoms with van der Waals surface area (Å²) in [4.78, 5) is 22.4. The fourth-order valence-electron chi connectivity index (χ4n) is 1.50. The molecule has 0 spiro atoms. The molecule has 82 valence electrons. The summed E-state index contributed by atoms with van der Waals surface area (Å²) < 4.78 is 1.02. The van der Waals surface area contributed by atoms with Gasteiger partial charge >= 0.3 is 5.97 Å². The molecule has 0 aliphatic heterocycles. The maximum Gasteiger partial charge on any atom is 0.337 e. The molecular weight excluding hydrogens is 278 g/mol. The van der Waals surface area contributed by atoms with E-state index in [0.29, 0.717) is 5.39 Å². The van der Waals surface area contributed by atoms with Gasteiger partial charge in [-0.05, 0) is 12.1 Å². The minimum atomic E-state index is -1.16. The van der Waals surface area contributed by atoms with Crippen LogP contribution in [0.2, 0.25) is 0 Å². The SMILES string of the molecule is O=C(O)c1cccc2c(O)cc(=O)n(Br)c12. The van der Waals surface area contributed by atoms with Crippen molar-refractivity contribution in [3.05, 3.63) is 40.2 Å². The van der Waals surface area contributed by atoms with Crippen molar-refractivity contribution in [2.45, 2.75) is 0 Å². The van der Waals surface area contributed by atoms with Gasteiger partial charge in [-0.1, -0.05) is 6.07 Å². The number of aromatic carboxylic acids is 1. The number of pyridine rings is 1. The van der Waals surface area contributed by atoms with E-state index in [0.717, 1.165) is 9.66 Å². The molecule has 2 aromatic rings. The number of fused-ring (bicyclic) bond motifs is 1. The Morgan fingerprint density at radius 2 is 2.06 bits per heavy atom. The van der Waals surface area contributed by atoms with Crippen molar-refractivity contribution in [3.8, 4) is 5.75 Å². The van der Waals surface area contributed by atoms with E-state index >= 15 is 0 Å². The highest BCUT2D eigenvalue weighted by Crippen LogP contribution is 2.26. The van der Waals surface area contributed by atoms with E-state index in [1.807, 2.05) is 0 Å². The Morgan fingerprint density at radius 1 is 1.38 bits per heavy atom. The van der Waals surface area contributed by atoms with Gasteiger partial charge in [0.2, 0.25) is 0 Å². The van der Waals surface area contributed by atoms with Crippen LogP contribution in [0.15, 0.2) is 29.1 Å². The molecule has 0 amide bonds. The number of hydrogen-bond donors (Lipinski definition) is 2. The first kappa shape index (κ1) is 10.7. The number of nitrogens with zero attached hydrogens (tertiary/aromatic N) is 1. The average molecular weight is 284 g/mol. The predicted molar refractivity (Wildman–Crippen MR) is 61.2 cm³/mol. The molecule has 0 radical (unpaired) electrons. The Balaban J connectivity index is 3.07. The van der Waals surface area contributed by atoms with Crippen molar-refractivity contribution in [1.29, 1.82) is 0 Å². The van der Waals surface area contributed by atoms with Crippen LogP contribution in [-0.2, 0) is 0 Å². The number of aromatic hydroxyl groups is 1. The fourth-order valence-corrected chi connectivity index (χ4v) is 1.98. The van der Waals surface area contributed by atoms with Crippen LogP contribution in [0.25, 0.3) is 10.9 Å². The third-order valence-corrected chi connectivity index (χ3v) is 2.90. The molecule has 0 fully saturated rings. The summed E-state index contributed by atoms with van der Waals surface area (Å²) >= 11 is 2.96. The average Bonchev–Trinajstić information content (AvgIpc) is 2.25. The Bertz CT molecular complexity index is 647. The number of carboxylic acids is 1. The van der Waals surface area contributed by atoms with Gasteiger partial charge in [0.15, 0.2) is 0 Å². The van der Waals surface area contributed by atoms with Crippen LogP contribution in [-0.4, -0.2) is 19.8 Å². The third-order valence-electron chi connectivity index (χ3n) is 2.19. The number of rotatable bonds is 1. The molecular formula is C10H6BrNO4. The highest BCUT2D eigenvalue weighted by Gasteiger charge is 2.14. The van der Waals surface area contributed by atoms with Crippen molar-refractivity contribution in [2.75, 3.05) is 0 Å².